The van der Waals surface area contributed by atoms with Crippen LogP contribution in [0.3, 0.4) is 0 Å². The number of carbonyl (C=O) groups excluding carboxylic acids is 3. The Bertz CT molecular complexity index is 886. The van der Waals surface area contributed by atoms with E-state index in [1.807, 2.05) is 19.4 Å². The van der Waals surface area contributed by atoms with Crippen LogP contribution in [0.1, 0.15) is 38.7 Å². The van der Waals surface area contributed by atoms with E-state index in [-0.39, 0.29) is 18.1 Å². The molecule has 0 saturated carbocycles. The number of hydrogen-bond acceptors (Lipinski definition) is 8. The third kappa shape index (κ3) is 11.7. The molecule has 208 valence electrons. The normalized spacial score (nSPS) is 15.1. The van der Waals surface area contributed by atoms with Crippen LogP contribution in [0.4, 0.5) is 0 Å². The number of carbonyl (C=O) groups is 4. The fourth-order valence-corrected chi connectivity index (χ4v) is 4.42. The summed E-state index contributed by atoms with van der Waals surface area (Å²) < 4.78 is 0. The number of phenols is 1. The van der Waals surface area contributed by atoms with Crippen molar-refractivity contribution in [3.63, 3.8) is 0 Å². The highest BCUT2D eigenvalue weighted by atomic mass is 32.2. The van der Waals surface area contributed by atoms with Gasteiger partial charge in [0.1, 0.15) is 23.9 Å². The fraction of sp³-hybridized carbons (Fsp3) is 0.600. The second kappa shape index (κ2) is 17.1. The molecule has 0 aromatic heterocycles. The SMILES string of the molecule is CCC(C)C(NC(=O)C(CCSC)NC(=O)C(CCSC)NC(=O)C(N)Cc1ccc(O)cc1)C(=O)O. The highest BCUT2D eigenvalue weighted by Crippen LogP contribution is 2.12. The molecule has 3 amide bonds. The standard InChI is InChI=1S/C25H40N4O6S2/c1-5-15(2)21(25(34)35)29-24(33)20(11-13-37-4)28-23(32)19(10-12-36-3)27-22(31)18(26)14-16-6-8-17(30)9-7-16/h6-9,15,18-21,30H,5,10-14,26H2,1-4H3,(H,27,31)(H,28,32)(H,29,33)(H,34,35). The monoisotopic (exact) mass is 556 g/mol. The first kappa shape index (κ1) is 32.6. The minimum atomic E-state index is -1.13. The van der Waals surface area contributed by atoms with Crippen molar-refractivity contribution in [1.29, 1.82) is 0 Å². The number of rotatable bonds is 17. The molecule has 0 heterocycles. The second-order valence-corrected chi connectivity index (χ2v) is 10.8. The predicted molar refractivity (Wildman–Crippen MR) is 149 cm³/mol. The zero-order chi connectivity index (χ0) is 28.0. The molecule has 1 aromatic rings. The van der Waals surface area contributed by atoms with Crippen molar-refractivity contribution >= 4 is 47.2 Å². The maximum absolute atomic E-state index is 13.2. The molecule has 0 bridgehead atoms. The van der Waals surface area contributed by atoms with Crippen LogP contribution in [0.2, 0.25) is 0 Å². The van der Waals surface area contributed by atoms with Crippen molar-refractivity contribution in [3.05, 3.63) is 29.8 Å². The molecule has 12 heteroatoms. The molecule has 0 radical (unpaired) electrons. The molecule has 7 N–H and O–H groups in total. The lowest BCUT2D eigenvalue weighted by Crippen LogP contribution is -2.58. The minimum absolute atomic E-state index is 0.106. The molecular formula is C25H40N4O6S2. The molecule has 0 aliphatic carbocycles. The van der Waals surface area contributed by atoms with E-state index in [1.165, 1.54) is 35.7 Å². The number of nitrogens with one attached hydrogen (secondary N) is 3. The van der Waals surface area contributed by atoms with Gasteiger partial charge in [-0.25, -0.2) is 4.79 Å². The molecule has 5 atom stereocenters. The average molecular weight is 557 g/mol. The zero-order valence-electron chi connectivity index (χ0n) is 21.9. The number of aliphatic carboxylic acids is 1. The Kier molecular flexibility index (Phi) is 15.1. The van der Waals surface area contributed by atoms with Gasteiger partial charge in [0.05, 0.1) is 6.04 Å². The number of amides is 3. The molecule has 0 aliphatic rings. The Balaban J connectivity index is 2.94. The molecule has 5 unspecified atom stereocenters. The lowest BCUT2D eigenvalue weighted by molar-refractivity contribution is -0.143. The van der Waals surface area contributed by atoms with Crippen molar-refractivity contribution < 1.29 is 29.4 Å². The molecular weight excluding hydrogens is 516 g/mol. The van der Waals surface area contributed by atoms with Crippen LogP contribution >= 0.6 is 23.5 Å². The van der Waals surface area contributed by atoms with E-state index in [0.29, 0.717) is 30.8 Å². The van der Waals surface area contributed by atoms with Crippen LogP contribution in [-0.4, -0.2) is 82.1 Å². The number of carboxylic acids is 1. The van der Waals surface area contributed by atoms with Gasteiger partial charge in [-0.05, 0) is 66.9 Å². The summed E-state index contributed by atoms with van der Waals surface area (Å²) in [5, 5.41) is 26.9. The van der Waals surface area contributed by atoms with Gasteiger partial charge in [0, 0.05) is 0 Å². The quantitative estimate of drug-likeness (QED) is 0.166. The van der Waals surface area contributed by atoms with Gasteiger partial charge in [0.15, 0.2) is 0 Å². The molecule has 10 nitrogen and oxygen atoms in total. The van der Waals surface area contributed by atoms with Crippen LogP contribution in [0.15, 0.2) is 24.3 Å². The summed E-state index contributed by atoms with van der Waals surface area (Å²) in [5.41, 5.74) is 6.83. The van der Waals surface area contributed by atoms with Crippen LogP contribution in [0.25, 0.3) is 0 Å². The Morgan fingerprint density at radius 1 is 0.892 bits per heavy atom. The molecule has 0 fully saturated rings. The minimum Gasteiger partial charge on any atom is -0.508 e. The summed E-state index contributed by atoms with van der Waals surface area (Å²) in [6.07, 6.45) is 5.15. The van der Waals surface area contributed by atoms with E-state index in [2.05, 4.69) is 16.0 Å². The van der Waals surface area contributed by atoms with Gasteiger partial charge in [0.2, 0.25) is 17.7 Å². The van der Waals surface area contributed by atoms with Crippen LogP contribution in [0, 0.1) is 5.92 Å². The maximum Gasteiger partial charge on any atom is 0.326 e. The van der Waals surface area contributed by atoms with Crippen molar-refractivity contribution in [1.82, 2.24) is 16.0 Å². The van der Waals surface area contributed by atoms with E-state index in [1.54, 1.807) is 19.1 Å². The summed E-state index contributed by atoms with van der Waals surface area (Å²) in [6, 6.07) is 2.48. The zero-order valence-corrected chi connectivity index (χ0v) is 23.5. The fourth-order valence-electron chi connectivity index (χ4n) is 3.48. The highest BCUT2D eigenvalue weighted by molar-refractivity contribution is 7.98. The van der Waals surface area contributed by atoms with E-state index < -0.39 is 47.9 Å². The van der Waals surface area contributed by atoms with Gasteiger partial charge in [0.25, 0.3) is 0 Å². The lowest BCUT2D eigenvalue weighted by Gasteiger charge is -2.26. The van der Waals surface area contributed by atoms with E-state index in [9.17, 15) is 29.4 Å². The Labute approximate surface area is 227 Å². The molecule has 0 aliphatic heterocycles. The summed E-state index contributed by atoms with van der Waals surface area (Å²) in [6.45, 7) is 3.58. The molecule has 1 aromatic carbocycles. The third-order valence-electron chi connectivity index (χ3n) is 5.99. The predicted octanol–water partition coefficient (Wildman–Crippen LogP) is 1.35. The van der Waals surface area contributed by atoms with Crippen molar-refractivity contribution in [3.8, 4) is 5.75 Å². The average Bonchev–Trinajstić information content (AvgIpc) is 2.87. The van der Waals surface area contributed by atoms with Gasteiger partial charge in [-0.2, -0.15) is 23.5 Å². The van der Waals surface area contributed by atoms with Gasteiger partial charge >= 0.3 is 5.97 Å². The number of thioether (sulfide) groups is 2. The number of hydrogen-bond donors (Lipinski definition) is 6. The van der Waals surface area contributed by atoms with Crippen LogP contribution in [-0.2, 0) is 25.6 Å². The largest absolute Gasteiger partial charge is 0.508 e. The Morgan fingerprint density at radius 3 is 1.84 bits per heavy atom. The van der Waals surface area contributed by atoms with Gasteiger partial charge in [-0.3, -0.25) is 14.4 Å². The molecule has 0 spiro atoms. The van der Waals surface area contributed by atoms with Gasteiger partial charge < -0.3 is 31.9 Å². The van der Waals surface area contributed by atoms with E-state index in [4.69, 9.17) is 5.73 Å². The summed E-state index contributed by atoms with van der Waals surface area (Å²) >= 11 is 3.01. The summed E-state index contributed by atoms with van der Waals surface area (Å²) in [5.74, 6) is -1.78. The topological polar surface area (TPSA) is 171 Å². The third-order valence-corrected chi connectivity index (χ3v) is 7.28. The van der Waals surface area contributed by atoms with Crippen molar-refractivity contribution in [2.45, 2.75) is 63.7 Å². The number of carboxylic acid groups (broad SMARTS) is 1. The maximum atomic E-state index is 13.2. The Hall–Kier alpha value is -2.44. The van der Waals surface area contributed by atoms with E-state index in [0.717, 1.165) is 5.56 Å². The first-order valence-corrected chi connectivity index (χ1v) is 15.0. The van der Waals surface area contributed by atoms with Gasteiger partial charge in [-0.15, -0.1) is 0 Å². The first-order chi connectivity index (χ1) is 17.5. The lowest BCUT2D eigenvalue weighted by atomic mass is 9.98. The molecule has 1 rings (SSSR count). The number of nitrogens with two attached hydrogens (primary N) is 1. The highest BCUT2D eigenvalue weighted by Gasteiger charge is 2.31. The summed E-state index contributed by atoms with van der Waals surface area (Å²) in [7, 11) is 0. The van der Waals surface area contributed by atoms with Crippen LogP contribution in [0.5, 0.6) is 5.75 Å². The van der Waals surface area contributed by atoms with E-state index >= 15 is 0 Å². The number of aromatic hydroxyl groups is 1. The van der Waals surface area contributed by atoms with Gasteiger partial charge in [-0.1, -0.05) is 32.4 Å². The first-order valence-electron chi connectivity index (χ1n) is 12.2. The summed E-state index contributed by atoms with van der Waals surface area (Å²) in [4.78, 5) is 50.6. The van der Waals surface area contributed by atoms with Crippen LogP contribution < -0.4 is 21.7 Å². The second-order valence-electron chi connectivity index (χ2n) is 8.87. The number of phenolic OH excluding ortho intramolecular Hbond substituents is 1. The van der Waals surface area contributed by atoms with Crippen molar-refractivity contribution in [2.24, 2.45) is 11.7 Å². The molecule has 0 saturated heterocycles. The number of benzene rings is 1. The van der Waals surface area contributed by atoms with Crippen molar-refractivity contribution in [2.75, 3.05) is 24.0 Å². The smallest absolute Gasteiger partial charge is 0.326 e. The molecule has 37 heavy (non-hydrogen) atoms. The Morgan fingerprint density at radius 2 is 1.38 bits per heavy atom.